The molecule has 0 saturated carbocycles. The number of carboxylic acids is 1. The fraction of sp³-hybridized carbons (Fsp3) is 0.259. The molecule has 8 heteroatoms. The Bertz CT molecular complexity index is 1280. The molecule has 5 rings (SSSR count). The Labute approximate surface area is 201 Å². The van der Waals surface area contributed by atoms with Crippen LogP contribution in [0.25, 0.3) is 0 Å². The lowest BCUT2D eigenvalue weighted by Gasteiger charge is -2.38. The van der Waals surface area contributed by atoms with Crippen molar-refractivity contribution < 1.29 is 33.3 Å². The van der Waals surface area contributed by atoms with E-state index in [4.69, 9.17) is 19.3 Å². The normalized spacial score (nSPS) is 16.4. The minimum Gasteiger partial charge on any atom is -0.486 e. The van der Waals surface area contributed by atoms with E-state index in [2.05, 4.69) is 0 Å². The Hall–Kier alpha value is -4.07. The van der Waals surface area contributed by atoms with Gasteiger partial charge in [-0.1, -0.05) is 30.3 Å². The van der Waals surface area contributed by atoms with E-state index in [1.165, 1.54) is 18.2 Å². The highest BCUT2D eigenvalue weighted by atomic mass is 19.1. The van der Waals surface area contributed by atoms with Crippen LogP contribution in [0.1, 0.15) is 28.3 Å². The number of amides is 1. The lowest BCUT2D eigenvalue weighted by atomic mass is 9.87. The van der Waals surface area contributed by atoms with Gasteiger partial charge in [0.05, 0.1) is 12.5 Å². The first kappa shape index (κ1) is 22.7. The van der Waals surface area contributed by atoms with Crippen LogP contribution in [0.15, 0.2) is 60.7 Å². The number of rotatable bonds is 6. The maximum atomic E-state index is 14.4. The number of benzene rings is 3. The smallest absolute Gasteiger partial charge is 0.341 e. The van der Waals surface area contributed by atoms with Crippen LogP contribution < -0.4 is 14.2 Å². The van der Waals surface area contributed by atoms with Crippen LogP contribution in [-0.4, -0.2) is 48.2 Å². The zero-order chi connectivity index (χ0) is 24.4. The van der Waals surface area contributed by atoms with Crippen molar-refractivity contribution in [1.29, 1.82) is 0 Å². The molecule has 7 nitrogen and oxygen atoms in total. The molecule has 2 aliphatic rings. The quantitative estimate of drug-likeness (QED) is 0.582. The van der Waals surface area contributed by atoms with Crippen molar-refractivity contribution in [2.45, 2.75) is 18.9 Å². The van der Waals surface area contributed by atoms with Crippen molar-refractivity contribution in [3.8, 4) is 17.2 Å². The summed E-state index contributed by atoms with van der Waals surface area (Å²) in [5, 5.41) is 9.09. The molecule has 0 spiro atoms. The van der Waals surface area contributed by atoms with Gasteiger partial charge in [0.1, 0.15) is 24.8 Å². The molecule has 3 aromatic rings. The molecule has 0 radical (unpaired) electrons. The molecule has 35 heavy (non-hydrogen) atoms. The van der Waals surface area contributed by atoms with Gasteiger partial charge in [0.2, 0.25) is 5.91 Å². The first-order valence-electron chi connectivity index (χ1n) is 11.4. The summed E-state index contributed by atoms with van der Waals surface area (Å²) < 4.78 is 31.1. The van der Waals surface area contributed by atoms with Crippen molar-refractivity contribution in [2.75, 3.05) is 26.4 Å². The van der Waals surface area contributed by atoms with E-state index in [1.54, 1.807) is 11.0 Å². The number of ether oxygens (including phenoxy) is 3. The zero-order valence-electron chi connectivity index (χ0n) is 18.9. The van der Waals surface area contributed by atoms with Crippen molar-refractivity contribution in [3.63, 3.8) is 0 Å². The van der Waals surface area contributed by atoms with Gasteiger partial charge in [-0.2, -0.15) is 0 Å². The topological polar surface area (TPSA) is 85.3 Å². The van der Waals surface area contributed by atoms with E-state index >= 15 is 0 Å². The van der Waals surface area contributed by atoms with Crippen molar-refractivity contribution in [1.82, 2.24) is 4.90 Å². The number of aliphatic carboxylic acids is 1. The van der Waals surface area contributed by atoms with E-state index in [-0.39, 0.29) is 18.1 Å². The summed E-state index contributed by atoms with van der Waals surface area (Å²) in [4.78, 5) is 26.4. The number of carbonyl (C=O) groups excluding carboxylic acids is 1. The Kier molecular flexibility index (Phi) is 6.27. The molecule has 2 heterocycles. The second-order valence-electron chi connectivity index (χ2n) is 8.46. The van der Waals surface area contributed by atoms with Gasteiger partial charge in [-0.15, -0.1) is 0 Å². The van der Waals surface area contributed by atoms with Gasteiger partial charge < -0.3 is 24.2 Å². The van der Waals surface area contributed by atoms with Gasteiger partial charge in [0, 0.05) is 12.1 Å². The molecule has 0 aliphatic carbocycles. The van der Waals surface area contributed by atoms with Crippen LogP contribution in [0.5, 0.6) is 17.2 Å². The van der Waals surface area contributed by atoms with Gasteiger partial charge in [-0.3, -0.25) is 4.79 Å². The summed E-state index contributed by atoms with van der Waals surface area (Å²) in [7, 11) is 0. The van der Waals surface area contributed by atoms with E-state index < -0.39 is 24.4 Å². The van der Waals surface area contributed by atoms with Crippen LogP contribution >= 0.6 is 0 Å². The summed E-state index contributed by atoms with van der Waals surface area (Å²) in [5.74, 6) is -0.295. The van der Waals surface area contributed by atoms with Crippen molar-refractivity contribution in [2.24, 2.45) is 0 Å². The highest BCUT2D eigenvalue weighted by Gasteiger charge is 2.34. The number of nitrogens with zero attached hydrogens (tertiary/aromatic N) is 1. The fourth-order valence-corrected chi connectivity index (χ4v) is 4.65. The van der Waals surface area contributed by atoms with Gasteiger partial charge in [-0.25, -0.2) is 9.18 Å². The average molecular weight is 477 g/mol. The van der Waals surface area contributed by atoms with E-state index in [9.17, 15) is 14.0 Å². The third-order valence-corrected chi connectivity index (χ3v) is 6.18. The molecule has 2 aliphatic heterocycles. The lowest BCUT2D eigenvalue weighted by Crippen LogP contribution is -2.41. The second kappa shape index (κ2) is 9.66. The minimum absolute atomic E-state index is 0.121. The predicted octanol–water partition coefficient (Wildman–Crippen LogP) is 3.78. The van der Waals surface area contributed by atoms with E-state index in [1.807, 2.05) is 36.4 Å². The third-order valence-electron chi connectivity index (χ3n) is 6.18. The summed E-state index contributed by atoms with van der Waals surface area (Å²) in [6, 6.07) is 16.5. The molecular formula is C27H24FNO6. The number of hydrogen-bond acceptors (Lipinski definition) is 5. The fourth-order valence-electron chi connectivity index (χ4n) is 4.65. The van der Waals surface area contributed by atoms with Crippen molar-refractivity contribution in [3.05, 3.63) is 88.7 Å². The molecule has 180 valence electrons. The second-order valence-corrected chi connectivity index (χ2v) is 8.46. The van der Waals surface area contributed by atoms with Crippen molar-refractivity contribution >= 4 is 11.9 Å². The van der Waals surface area contributed by atoms with Gasteiger partial charge in [0.15, 0.2) is 18.1 Å². The van der Waals surface area contributed by atoms with Crippen LogP contribution in [0.4, 0.5) is 4.39 Å². The van der Waals surface area contributed by atoms with Crippen LogP contribution in [0.2, 0.25) is 0 Å². The first-order valence-corrected chi connectivity index (χ1v) is 11.4. The predicted molar refractivity (Wildman–Crippen MR) is 124 cm³/mol. The molecule has 0 saturated heterocycles. The lowest BCUT2D eigenvalue weighted by molar-refractivity contribution is -0.139. The Morgan fingerprint density at radius 2 is 1.80 bits per heavy atom. The summed E-state index contributed by atoms with van der Waals surface area (Å²) in [5.41, 5.74) is 3.10. The molecule has 1 unspecified atom stereocenters. The molecule has 1 amide bonds. The molecule has 1 N–H and O–H groups in total. The first-order chi connectivity index (χ1) is 17.0. The molecule has 0 fully saturated rings. The maximum absolute atomic E-state index is 14.4. The summed E-state index contributed by atoms with van der Waals surface area (Å²) >= 11 is 0. The average Bonchev–Trinajstić information content (AvgIpc) is 2.87. The largest absolute Gasteiger partial charge is 0.486 e. The molecule has 0 aromatic heterocycles. The van der Waals surface area contributed by atoms with E-state index in [0.717, 1.165) is 16.7 Å². The molecular weight excluding hydrogens is 453 g/mol. The van der Waals surface area contributed by atoms with Crippen LogP contribution in [0.3, 0.4) is 0 Å². The summed E-state index contributed by atoms with van der Waals surface area (Å²) in [6.07, 6.45) is 0.774. The number of fused-ring (bicyclic) bond motifs is 2. The zero-order valence-corrected chi connectivity index (χ0v) is 18.9. The summed E-state index contributed by atoms with van der Waals surface area (Å²) in [6.45, 7) is 0.798. The van der Waals surface area contributed by atoms with Crippen LogP contribution in [0, 0.1) is 5.82 Å². The Morgan fingerprint density at radius 1 is 1.00 bits per heavy atom. The minimum atomic E-state index is -1.14. The van der Waals surface area contributed by atoms with Gasteiger partial charge in [0.25, 0.3) is 0 Å². The number of halogens is 1. The highest BCUT2D eigenvalue weighted by molar-refractivity contribution is 5.80. The van der Waals surface area contributed by atoms with Crippen LogP contribution in [-0.2, 0) is 22.4 Å². The maximum Gasteiger partial charge on any atom is 0.341 e. The van der Waals surface area contributed by atoms with E-state index in [0.29, 0.717) is 43.2 Å². The van der Waals surface area contributed by atoms with Gasteiger partial charge >= 0.3 is 5.97 Å². The monoisotopic (exact) mass is 477 g/mol. The number of carboxylic acid groups (broad SMARTS) is 1. The third kappa shape index (κ3) is 4.77. The van der Waals surface area contributed by atoms with Gasteiger partial charge in [-0.05, 0) is 53.4 Å². The number of carbonyl (C=O) groups is 2. The highest BCUT2D eigenvalue weighted by Crippen LogP contribution is 2.40. The standard InChI is InChI=1S/C27H24FNO6/c28-19-6-8-22(35-16-26(31)32)21(15-19)27-20-4-2-1-3-18(20)9-10-29(27)25(30)14-17-5-7-23-24(13-17)34-12-11-33-23/h1-8,13,15,27H,9-12,14,16H2,(H,31,32). The Morgan fingerprint density at radius 3 is 2.63 bits per heavy atom. The SMILES string of the molecule is O=C(O)COc1ccc(F)cc1C1c2ccccc2CCN1C(=O)Cc1ccc2c(c1)OCCO2. The molecule has 0 bridgehead atoms. The Balaban J connectivity index is 1.51. The molecule has 3 aromatic carbocycles. The number of hydrogen-bond donors (Lipinski definition) is 1. The molecule has 1 atom stereocenters.